The van der Waals surface area contributed by atoms with Crippen molar-refractivity contribution in [1.82, 2.24) is 0 Å². The van der Waals surface area contributed by atoms with E-state index in [4.69, 9.17) is 12.6 Å². The smallest absolute Gasteiger partial charge is 0.779 e. The third kappa shape index (κ3) is 3.02. The topological polar surface area (TPSA) is 0 Å². The van der Waals surface area contributed by atoms with Crippen molar-refractivity contribution in [1.29, 1.82) is 0 Å². The summed E-state index contributed by atoms with van der Waals surface area (Å²) < 4.78 is 12.7. The minimum absolute atomic E-state index is 0. The molecule has 0 aromatic heterocycles. The van der Waals surface area contributed by atoms with Gasteiger partial charge >= 0.3 is 29.6 Å². The van der Waals surface area contributed by atoms with Gasteiger partial charge in [0, 0.05) is 0 Å². The van der Waals surface area contributed by atoms with Crippen LogP contribution in [0.5, 0.6) is 0 Å². The van der Waals surface area contributed by atoms with Crippen LogP contribution in [0, 0.1) is 5.82 Å². The van der Waals surface area contributed by atoms with Gasteiger partial charge in [-0.2, -0.15) is 4.90 Å². The number of rotatable bonds is 1. The Hall–Kier alpha value is -0.410. The molecule has 0 unspecified atom stereocenters. The van der Waals surface area contributed by atoms with Gasteiger partial charge in [-0.1, -0.05) is 36.4 Å². The SMILES string of the molecule is Fc1ccc(-c2ccccc2[S-])cc1.[Na+]. The van der Waals surface area contributed by atoms with E-state index in [1.807, 2.05) is 24.3 Å². The van der Waals surface area contributed by atoms with Crippen LogP contribution in [0.4, 0.5) is 4.39 Å². The largest absolute Gasteiger partial charge is 1.00 e. The van der Waals surface area contributed by atoms with Crippen LogP contribution in [-0.2, 0) is 12.6 Å². The van der Waals surface area contributed by atoms with Gasteiger partial charge in [-0.25, -0.2) is 4.39 Å². The van der Waals surface area contributed by atoms with Crippen molar-refractivity contribution in [3.8, 4) is 11.1 Å². The van der Waals surface area contributed by atoms with Gasteiger partial charge in [0.2, 0.25) is 0 Å². The third-order valence-corrected chi connectivity index (χ3v) is 2.40. The summed E-state index contributed by atoms with van der Waals surface area (Å²) >= 11 is 5.17. The van der Waals surface area contributed by atoms with Crippen LogP contribution < -0.4 is 29.6 Å². The maximum atomic E-state index is 12.7. The van der Waals surface area contributed by atoms with E-state index in [1.54, 1.807) is 12.1 Å². The first-order chi connectivity index (χ1) is 6.77. The normalized spacial score (nSPS) is 9.40. The van der Waals surface area contributed by atoms with E-state index in [0.29, 0.717) is 0 Å². The van der Waals surface area contributed by atoms with Crippen LogP contribution in [-0.4, -0.2) is 0 Å². The summed E-state index contributed by atoms with van der Waals surface area (Å²) in [5.41, 5.74) is 1.93. The number of halogens is 1. The van der Waals surface area contributed by atoms with Crippen LogP contribution in [0.3, 0.4) is 0 Å². The molecule has 0 atom stereocenters. The zero-order valence-corrected chi connectivity index (χ0v) is 11.2. The molecule has 0 aliphatic carbocycles. The number of hydrogen-bond donors (Lipinski definition) is 0. The molecule has 0 saturated heterocycles. The average Bonchev–Trinajstić information content (AvgIpc) is 2.20. The predicted molar refractivity (Wildman–Crippen MR) is 57.5 cm³/mol. The van der Waals surface area contributed by atoms with E-state index in [1.165, 1.54) is 12.1 Å². The Morgan fingerprint density at radius 2 is 1.47 bits per heavy atom. The molecular formula is C12H8FNaS. The monoisotopic (exact) mass is 226 g/mol. The maximum Gasteiger partial charge on any atom is 1.00 e. The Kier molecular flexibility index (Phi) is 4.74. The van der Waals surface area contributed by atoms with Gasteiger partial charge in [0.05, 0.1) is 0 Å². The fourth-order valence-electron chi connectivity index (χ4n) is 1.33. The van der Waals surface area contributed by atoms with Gasteiger partial charge in [-0.3, -0.25) is 0 Å². The second-order valence-corrected chi connectivity index (χ2v) is 3.44. The Morgan fingerprint density at radius 1 is 0.867 bits per heavy atom. The molecule has 0 saturated carbocycles. The fraction of sp³-hybridized carbons (Fsp3) is 0. The predicted octanol–water partition coefficient (Wildman–Crippen LogP) is 0.402. The summed E-state index contributed by atoms with van der Waals surface area (Å²) in [4.78, 5) is 0.791. The van der Waals surface area contributed by atoms with Gasteiger partial charge in [-0.05, 0) is 23.3 Å². The van der Waals surface area contributed by atoms with Crippen molar-refractivity contribution < 1.29 is 33.9 Å². The first-order valence-corrected chi connectivity index (χ1v) is 4.70. The van der Waals surface area contributed by atoms with Crippen LogP contribution in [0.1, 0.15) is 0 Å². The third-order valence-electron chi connectivity index (χ3n) is 2.04. The van der Waals surface area contributed by atoms with Gasteiger partial charge in [-0.15, -0.1) is 0 Å². The molecular weight excluding hydrogens is 218 g/mol. The molecule has 0 N–H and O–H groups in total. The summed E-state index contributed by atoms with van der Waals surface area (Å²) in [7, 11) is 0. The van der Waals surface area contributed by atoms with Crippen LogP contribution >= 0.6 is 0 Å². The van der Waals surface area contributed by atoms with E-state index < -0.39 is 0 Å². The molecule has 0 fully saturated rings. The van der Waals surface area contributed by atoms with Crippen molar-refractivity contribution in [3.05, 3.63) is 54.3 Å². The molecule has 0 spiro atoms. The molecule has 0 aliphatic heterocycles. The summed E-state index contributed by atoms with van der Waals surface area (Å²) in [5, 5.41) is 0. The minimum atomic E-state index is -0.226. The van der Waals surface area contributed by atoms with E-state index in [9.17, 15) is 4.39 Å². The first kappa shape index (κ1) is 12.7. The van der Waals surface area contributed by atoms with Crippen molar-refractivity contribution in [3.63, 3.8) is 0 Å². The molecule has 3 heteroatoms. The van der Waals surface area contributed by atoms with Gasteiger partial charge in [0.1, 0.15) is 5.82 Å². The Labute approximate surface area is 116 Å². The van der Waals surface area contributed by atoms with Crippen molar-refractivity contribution >= 4 is 12.6 Å². The van der Waals surface area contributed by atoms with E-state index in [-0.39, 0.29) is 35.4 Å². The molecule has 2 aromatic carbocycles. The summed E-state index contributed by atoms with van der Waals surface area (Å²) in [6.45, 7) is 0. The van der Waals surface area contributed by atoms with Crippen molar-refractivity contribution in [2.75, 3.05) is 0 Å². The maximum absolute atomic E-state index is 12.7. The summed E-state index contributed by atoms with van der Waals surface area (Å²) in [6, 6.07) is 14.0. The Bertz CT molecular complexity index is 440. The molecule has 0 nitrogen and oxygen atoms in total. The molecule has 2 rings (SSSR count). The standard InChI is InChI=1S/C12H9FS.Na/c13-10-7-5-9(6-8-10)11-3-1-2-4-12(11)14;/h1-8,14H;/q;+1/p-1. The average molecular weight is 226 g/mol. The fourth-order valence-corrected chi connectivity index (χ4v) is 1.60. The van der Waals surface area contributed by atoms with Crippen molar-refractivity contribution in [2.45, 2.75) is 4.90 Å². The van der Waals surface area contributed by atoms with Crippen LogP contribution in [0.2, 0.25) is 0 Å². The van der Waals surface area contributed by atoms with Gasteiger partial charge in [0.25, 0.3) is 0 Å². The minimum Gasteiger partial charge on any atom is -0.779 e. The Balaban J connectivity index is 0.00000112. The Morgan fingerprint density at radius 3 is 2.07 bits per heavy atom. The molecule has 70 valence electrons. The number of benzene rings is 2. The van der Waals surface area contributed by atoms with Crippen molar-refractivity contribution in [2.24, 2.45) is 0 Å². The second-order valence-electron chi connectivity index (χ2n) is 3.00. The first-order valence-electron chi connectivity index (χ1n) is 4.29. The molecule has 0 heterocycles. The molecule has 2 aromatic rings. The van der Waals surface area contributed by atoms with Gasteiger partial charge in [0.15, 0.2) is 0 Å². The molecule has 0 aliphatic rings. The molecule has 0 amide bonds. The van der Waals surface area contributed by atoms with Crippen LogP contribution in [0.15, 0.2) is 53.4 Å². The number of hydrogen-bond acceptors (Lipinski definition) is 1. The zero-order valence-electron chi connectivity index (χ0n) is 8.41. The zero-order chi connectivity index (χ0) is 9.97. The van der Waals surface area contributed by atoms with Crippen LogP contribution in [0.25, 0.3) is 11.1 Å². The summed E-state index contributed by atoms with van der Waals surface area (Å²) in [6.07, 6.45) is 0. The summed E-state index contributed by atoms with van der Waals surface area (Å²) in [5.74, 6) is -0.226. The van der Waals surface area contributed by atoms with E-state index in [2.05, 4.69) is 0 Å². The molecule has 0 bridgehead atoms. The molecule has 15 heavy (non-hydrogen) atoms. The van der Waals surface area contributed by atoms with Gasteiger partial charge < -0.3 is 12.6 Å². The second kappa shape index (κ2) is 5.61. The van der Waals surface area contributed by atoms with E-state index in [0.717, 1.165) is 16.0 Å². The van der Waals surface area contributed by atoms with E-state index >= 15 is 0 Å². The quantitative estimate of drug-likeness (QED) is 0.501. The molecule has 0 radical (unpaired) electrons.